The Morgan fingerprint density at radius 3 is 1.71 bits per heavy atom. The third-order valence-corrected chi connectivity index (χ3v) is 2.52. The van der Waals surface area contributed by atoms with Gasteiger partial charge in [0, 0.05) is 0 Å². The summed E-state index contributed by atoms with van der Waals surface area (Å²) in [6.07, 6.45) is 3.44. The normalized spacial score (nSPS) is 11.1. The quantitative estimate of drug-likeness (QED) is 0.419. The van der Waals surface area contributed by atoms with Crippen LogP contribution in [0.15, 0.2) is 0 Å². The van der Waals surface area contributed by atoms with E-state index in [1.807, 2.05) is 13.8 Å². The third kappa shape index (κ3) is 11.0. The van der Waals surface area contributed by atoms with Crippen LogP contribution in [0.5, 0.6) is 0 Å². The van der Waals surface area contributed by atoms with Crippen molar-refractivity contribution in [3.63, 3.8) is 0 Å². The Hall–Kier alpha value is 0.909. The van der Waals surface area contributed by atoms with Gasteiger partial charge < -0.3 is 4.89 Å². The molecule has 1 N–H and O–H groups in total. The fraction of sp³-hybridized carbons (Fsp3) is 1.00. The van der Waals surface area contributed by atoms with Crippen molar-refractivity contribution in [1.82, 2.24) is 0 Å². The van der Waals surface area contributed by atoms with E-state index in [0.29, 0.717) is 0 Å². The summed E-state index contributed by atoms with van der Waals surface area (Å²) in [4.78, 5) is 9.08. The molecular formula is C8H21O4PSn. The average Bonchev–Trinajstić information content (AvgIpc) is 2.05. The standard InChI is InChI=1S/C8H19O4P.Sn.2H/c1-3-5-7-11-13(9,10)12-8-6-4-2;;;/h3-8H2,1-2H3,(H,9,10);;;. The molecule has 0 saturated carbocycles. The molecule has 0 aromatic rings. The first-order chi connectivity index (χ1) is 6.12. The van der Waals surface area contributed by atoms with Gasteiger partial charge in [0.25, 0.3) is 0 Å². The third-order valence-electron chi connectivity index (χ3n) is 1.50. The van der Waals surface area contributed by atoms with E-state index in [2.05, 4.69) is 0 Å². The SMILES string of the molecule is CCCCOP(=O)(O)OCCCC.[SnH2]. The summed E-state index contributed by atoms with van der Waals surface area (Å²) < 4.78 is 20.5. The van der Waals surface area contributed by atoms with Crippen molar-refractivity contribution >= 4 is 31.7 Å². The molecule has 86 valence electrons. The molecule has 0 aliphatic carbocycles. The molecule has 0 aromatic heterocycles. The number of phosphoric ester groups is 1. The van der Waals surface area contributed by atoms with E-state index >= 15 is 0 Å². The van der Waals surface area contributed by atoms with Gasteiger partial charge in [0.2, 0.25) is 0 Å². The van der Waals surface area contributed by atoms with E-state index in [0.717, 1.165) is 25.7 Å². The Kier molecular flexibility index (Phi) is 12.9. The fourth-order valence-corrected chi connectivity index (χ4v) is 1.48. The van der Waals surface area contributed by atoms with Crippen molar-refractivity contribution in [2.75, 3.05) is 13.2 Å². The molecule has 0 heterocycles. The van der Waals surface area contributed by atoms with Crippen molar-refractivity contribution in [2.45, 2.75) is 39.5 Å². The van der Waals surface area contributed by atoms with E-state index in [4.69, 9.17) is 13.9 Å². The first-order valence-corrected chi connectivity index (χ1v) is 6.23. The van der Waals surface area contributed by atoms with E-state index < -0.39 is 7.82 Å². The topological polar surface area (TPSA) is 55.8 Å². The Bertz CT molecular complexity index is 151. The second-order valence-corrected chi connectivity index (χ2v) is 4.30. The van der Waals surface area contributed by atoms with Gasteiger partial charge in [-0.25, -0.2) is 4.57 Å². The number of rotatable bonds is 8. The molecule has 0 aliphatic heterocycles. The maximum absolute atomic E-state index is 11.1. The molecule has 0 saturated heterocycles. The summed E-state index contributed by atoms with van der Waals surface area (Å²) in [5.41, 5.74) is 0. The van der Waals surface area contributed by atoms with Crippen LogP contribution in [0.3, 0.4) is 0 Å². The van der Waals surface area contributed by atoms with Gasteiger partial charge in [0.15, 0.2) is 0 Å². The Morgan fingerprint density at radius 1 is 1.07 bits per heavy atom. The zero-order valence-corrected chi connectivity index (χ0v) is 14.0. The van der Waals surface area contributed by atoms with Gasteiger partial charge in [-0.05, 0) is 12.8 Å². The maximum atomic E-state index is 11.1. The number of unbranched alkanes of at least 4 members (excludes halogenated alkanes) is 2. The van der Waals surface area contributed by atoms with Crippen molar-refractivity contribution < 1.29 is 18.5 Å². The van der Waals surface area contributed by atoms with E-state index in [1.165, 1.54) is 0 Å². The Labute approximate surface area is 103 Å². The van der Waals surface area contributed by atoms with Crippen LogP contribution in [0.25, 0.3) is 0 Å². The van der Waals surface area contributed by atoms with E-state index in [1.54, 1.807) is 0 Å². The van der Waals surface area contributed by atoms with Crippen LogP contribution in [0.1, 0.15) is 39.5 Å². The molecule has 6 heteroatoms. The molecule has 0 amide bonds. The molecule has 0 atom stereocenters. The number of hydrogen-bond acceptors (Lipinski definition) is 3. The number of hydrogen-bond donors (Lipinski definition) is 1. The molecule has 0 rings (SSSR count). The zero-order chi connectivity index (χ0) is 10.2. The van der Waals surface area contributed by atoms with Crippen LogP contribution in [-0.4, -0.2) is 42.0 Å². The predicted octanol–water partition coefficient (Wildman–Crippen LogP) is 1.80. The molecule has 2 radical (unpaired) electrons. The number of phosphoric acid groups is 1. The molecular weight excluding hydrogens is 310 g/mol. The van der Waals surface area contributed by atoms with Crippen LogP contribution in [0, 0.1) is 0 Å². The molecule has 0 bridgehead atoms. The van der Waals surface area contributed by atoms with Crippen LogP contribution in [-0.2, 0) is 13.6 Å². The molecule has 14 heavy (non-hydrogen) atoms. The van der Waals surface area contributed by atoms with Crippen LogP contribution >= 0.6 is 7.82 Å². The molecule has 0 unspecified atom stereocenters. The summed E-state index contributed by atoms with van der Waals surface area (Å²) in [5.74, 6) is 0. The summed E-state index contributed by atoms with van der Waals surface area (Å²) in [6, 6.07) is 0. The van der Waals surface area contributed by atoms with Crippen molar-refractivity contribution in [3.8, 4) is 0 Å². The van der Waals surface area contributed by atoms with Gasteiger partial charge in [-0.15, -0.1) is 0 Å². The van der Waals surface area contributed by atoms with Crippen LogP contribution in [0.4, 0.5) is 0 Å². The second-order valence-electron chi connectivity index (χ2n) is 2.84. The monoisotopic (exact) mass is 332 g/mol. The van der Waals surface area contributed by atoms with Gasteiger partial charge >= 0.3 is 31.7 Å². The fourth-order valence-electron chi connectivity index (χ4n) is 0.686. The van der Waals surface area contributed by atoms with Gasteiger partial charge in [0.1, 0.15) is 0 Å². The van der Waals surface area contributed by atoms with Crippen molar-refractivity contribution in [3.05, 3.63) is 0 Å². The Balaban J connectivity index is 0. The summed E-state index contributed by atoms with van der Waals surface area (Å²) in [7, 11) is -3.75. The summed E-state index contributed by atoms with van der Waals surface area (Å²) >= 11 is 0. The summed E-state index contributed by atoms with van der Waals surface area (Å²) in [5, 5.41) is 0. The van der Waals surface area contributed by atoms with Gasteiger partial charge in [0.05, 0.1) is 13.2 Å². The molecule has 0 fully saturated rings. The second kappa shape index (κ2) is 10.4. The first-order valence-electron chi connectivity index (χ1n) is 4.74. The van der Waals surface area contributed by atoms with E-state index in [9.17, 15) is 4.57 Å². The van der Waals surface area contributed by atoms with Crippen molar-refractivity contribution in [1.29, 1.82) is 0 Å². The van der Waals surface area contributed by atoms with Crippen molar-refractivity contribution in [2.24, 2.45) is 0 Å². The minimum atomic E-state index is -3.75. The first kappa shape index (κ1) is 17.3. The van der Waals surface area contributed by atoms with Gasteiger partial charge in [-0.3, -0.25) is 9.05 Å². The zero-order valence-electron chi connectivity index (χ0n) is 9.07. The van der Waals surface area contributed by atoms with Crippen LogP contribution < -0.4 is 0 Å². The summed E-state index contributed by atoms with van der Waals surface area (Å²) in [6.45, 7) is 4.56. The predicted molar refractivity (Wildman–Crippen MR) is 60.1 cm³/mol. The van der Waals surface area contributed by atoms with Gasteiger partial charge in [-0.2, -0.15) is 0 Å². The van der Waals surface area contributed by atoms with Crippen LogP contribution in [0.2, 0.25) is 0 Å². The molecule has 0 spiro atoms. The average molecular weight is 331 g/mol. The van der Waals surface area contributed by atoms with Gasteiger partial charge in [-0.1, -0.05) is 26.7 Å². The molecule has 4 nitrogen and oxygen atoms in total. The van der Waals surface area contributed by atoms with E-state index in [-0.39, 0.29) is 37.1 Å². The Morgan fingerprint density at radius 2 is 1.43 bits per heavy atom. The molecule has 0 aromatic carbocycles. The molecule has 0 aliphatic rings. The minimum absolute atomic E-state index is 0.